The second kappa shape index (κ2) is 6.50. The maximum Gasteiger partial charge on any atom is 0.244 e. The first-order valence-corrected chi connectivity index (χ1v) is 9.11. The Morgan fingerprint density at radius 1 is 1.24 bits per heavy atom. The summed E-state index contributed by atoms with van der Waals surface area (Å²) in [4.78, 5) is 0.312. The molecule has 1 heterocycles. The molecule has 2 N–H and O–H groups in total. The van der Waals surface area contributed by atoms with E-state index in [1.54, 1.807) is 6.92 Å². The van der Waals surface area contributed by atoms with Crippen molar-refractivity contribution in [2.24, 2.45) is 5.92 Å². The fourth-order valence-electron chi connectivity index (χ4n) is 2.57. The second-order valence-corrected chi connectivity index (χ2v) is 7.91. The Kier molecular flexibility index (Phi) is 5.11. The van der Waals surface area contributed by atoms with Crippen molar-refractivity contribution in [1.82, 2.24) is 10.0 Å². The average molecular weight is 314 g/mol. The molecule has 1 aromatic heterocycles. The standard InChI is InChI=1S/C15H26N2O3S/c1-10(2)16-9-14-11(3)20-12(4)15(14)21(18,19)17-8-13-6-5-7-13/h10,13,16-17H,5-9H2,1-4H3. The van der Waals surface area contributed by atoms with Gasteiger partial charge in [-0.2, -0.15) is 0 Å². The quantitative estimate of drug-likeness (QED) is 0.811. The van der Waals surface area contributed by atoms with Crippen molar-refractivity contribution in [3.8, 4) is 0 Å². The maximum atomic E-state index is 12.6. The fraction of sp³-hybridized carbons (Fsp3) is 0.733. The zero-order valence-corrected chi connectivity index (χ0v) is 14.1. The molecule has 1 fully saturated rings. The molecule has 0 radical (unpaired) electrons. The number of sulfonamides is 1. The van der Waals surface area contributed by atoms with Gasteiger partial charge in [-0.1, -0.05) is 20.3 Å². The number of hydrogen-bond donors (Lipinski definition) is 2. The normalized spacial score (nSPS) is 16.4. The molecule has 0 atom stereocenters. The van der Waals surface area contributed by atoms with E-state index in [1.165, 1.54) is 6.42 Å². The Balaban J connectivity index is 2.19. The van der Waals surface area contributed by atoms with Gasteiger partial charge in [0.1, 0.15) is 16.4 Å². The minimum atomic E-state index is -3.50. The summed E-state index contributed by atoms with van der Waals surface area (Å²) in [6, 6.07) is 0.290. The van der Waals surface area contributed by atoms with E-state index in [0.29, 0.717) is 35.4 Å². The molecular weight excluding hydrogens is 288 g/mol. The number of furan rings is 1. The lowest BCUT2D eigenvalue weighted by atomic mass is 9.86. The molecule has 21 heavy (non-hydrogen) atoms. The molecule has 2 rings (SSSR count). The summed E-state index contributed by atoms with van der Waals surface area (Å²) < 4.78 is 33.5. The summed E-state index contributed by atoms with van der Waals surface area (Å²) in [5.41, 5.74) is 0.738. The van der Waals surface area contributed by atoms with E-state index in [-0.39, 0.29) is 6.04 Å². The monoisotopic (exact) mass is 314 g/mol. The van der Waals surface area contributed by atoms with Crippen molar-refractivity contribution >= 4 is 10.0 Å². The van der Waals surface area contributed by atoms with Gasteiger partial charge in [0.2, 0.25) is 10.0 Å². The van der Waals surface area contributed by atoms with Gasteiger partial charge < -0.3 is 9.73 Å². The van der Waals surface area contributed by atoms with Gasteiger partial charge in [0, 0.05) is 24.7 Å². The Bertz CT molecular complexity index is 586. The molecule has 0 bridgehead atoms. The zero-order valence-electron chi connectivity index (χ0n) is 13.3. The van der Waals surface area contributed by atoms with Crippen LogP contribution in [0.2, 0.25) is 0 Å². The van der Waals surface area contributed by atoms with Crippen LogP contribution in [0.3, 0.4) is 0 Å². The first-order chi connectivity index (χ1) is 9.81. The van der Waals surface area contributed by atoms with Gasteiger partial charge in [-0.15, -0.1) is 0 Å². The third-order valence-corrected chi connectivity index (χ3v) is 5.69. The van der Waals surface area contributed by atoms with Crippen LogP contribution >= 0.6 is 0 Å². The molecule has 1 aromatic rings. The summed E-state index contributed by atoms with van der Waals surface area (Å²) in [7, 11) is -3.50. The number of nitrogens with one attached hydrogen (secondary N) is 2. The highest BCUT2D eigenvalue weighted by Gasteiger charge is 2.28. The molecule has 1 saturated carbocycles. The summed E-state index contributed by atoms with van der Waals surface area (Å²) in [6.07, 6.45) is 3.45. The second-order valence-electron chi connectivity index (χ2n) is 6.21. The van der Waals surface area contributed by atoms with Crippen molar-refractivity contribution in [2.45, 2.75) is 64.4 Å². The molecule has 1 aliphatic carbocycles. The third-order valence-electron chi connectivity index (χ3n) is 4.07. The molecule has 6 heteroatoms. The third kappa shape index (κ3) is 3.87. The Morgan fingerprint density at radius 3 is 2.43 bits per heavy atom. The number of aryl methyl sites for hydroxylation is 2. The molecule has 0 amide bonds. The van der Waals surface area contributed by atoms with Crippen LogP contribution in [0.5, 0.6) is 0 Å². The average Bonchev–Trinajstić information content (AvgIpc) is 2.59. The predicted molar refractivity (Wildman–Crippen MR) is 82.7 cm³/mol. The van der Waals surface area contributed by atoms with E-state index in [0.717, 1.165) is 18.4 Å². The summed E-state index contributed by atoms with van der Waals surface area (Å²) in [5.74, 6) is 1.63. The van der Waals surface area contributed by atoms with Crippen LogP contribution in [-0.2, 0) is 16.6 Å². The van der Waals surface area contributed by atoms with E-state index >= 15 is 0 Å². The fourth-order valence-corrected chi connectivity index (χ4v) is 4.13. The molecule has 0 aliphatic heterocycles. The van der Waals surface area contributed by atoms with Gasteiger partial charge in [0.25, 0.3) is 0 Å². The van der Waals surface area contributed by atoms with E-state index in [2.05, 4.69) is 10.0 Å². The van der Waals surface area contributed by atoms with Crippen LogP contribution in [-0.4, -0.2) is 21.0 Å². The number of rotatable bonds is 7. The maximum absolute atomic E-state index is 12.6. The largest absolute Gasteiger partial charge is 0.465 e. The van der Waals surface area contributed by atoms with Crippen molar-refractivity contribution in [2.75, 3.05) is 6.54 Å². The van der Waals surface area contributed by atoms with Crippen LogP contribution in [0.4, 0.5) is 0 Å². The first kappa shape index (κ1) is 16.5. The summed E-state index contributed by atoms with van der Waals surface area (Å²) in [6.45, 7) is 8.62. The highest BCUT2D eigenvalue weighted by atomic mass is 32.2. The van der Waals surface area contributed by atoms with Crippen LogP contribution < -0.4 is 10.0 Å². The smallest absolute Gasteiger partial charge is 0.244 e. The SMILES string of the molecule is Cc1oc(C)c(S(=O)(=O)NCC2CCC2)c1CNC(C)C. The van der Waals surface area contributed by atoms with Gasteiger partial charge in [-0.3, -0.25) is 0 Å². The van der Waals surface area contributed by atoms with Gasteiger partial charge in [0.05, 0.1) is 0 Å². The molecule has 120 valence electrons. The highest BCUT2D eigenvalue weighted by Crippen LogP contribution is 2.29. The molecular formula is C15H26N2O3S. The predicted octanol–water partition coefficient (Wildman–Crippen LogP) is 2.47. The topological polar surface area (TPSA) is 71.3 Å². The molecule has 0 aromatic carbocycles. The minimum Gasteiger partial charge on any atom is -0.465 e. The summed E-state index contributed by atoms with van der Waals surface area (Å²) in [5, 5.41) is 3.26. The summed E-state index contributed by atoms with van der Waals surface area (Å²) >= 11 is 0. The van der Waals surface area contributed by atoms with Gasteiger partial charge in [0.15, 0.2) is 0 Å². The lowest BCUT2D eigenvalue weighted by Crippen LogP contribution is -2.33. The van der Waals surface area contributed by atoms with E-state index in [9.17, 15) is 8.42 Å². The highest BCUT2D eigenvalue weighted by molar-refractivity contribution is 7.89. The van der Waals surface area contributed by atoms with Crippen molar-refractivity contribution in [3.05, 3.63) is 17.1 Å². The lowest BCUT2D eigenvalue weighted by Gasteiger charge is -2.25. The van der Waals surface area contributed by atoms with Crippen molar-refractivity contribution in [1.29, 1.82) is 0 Å². The Morgan fingerprint density at radius 2 is 1.90 bits per heavy atom. The van der Waals surface area contributed by atoms with E-state index in [1.807, 2.05) is 20.8 Å². The Hall–Kier alpha value is -0.850. The first-order valence-electron chi connectivity index (χ1n) is 7.63. The number of hydrogen-bond acceptors (Lipinski definition) is 4. The van der Waals surface area contributed by atoms with Gasteiger partial charge in [-0.05, 0) is 32.6 Å². The zero-order chi connectivity index (χ0) is 15.6. The van der Waals surface area contributed by atoms with Crippen molar-refractivity contribution in [3.63, 3.8) is 0 Å². The van der Waals surface area contributed by atoms with Crippen LogP contribution in [0, 0.1) is 19.8 Å². The molecule has 0 spiro atoms. The Labute approximate surface area is 127 Å². The lowest BCUT2D eigenvalue weighted by molar-refractivity contribution is 0.316. The minimum absolute atomic E-state index is 0.290. The van der Waals surface area contributed by atoms with Gasteiger partial charge >= 0.3 is 0 Å². The van der Waals surface area contributed by atoms with Gasteiger partial charge in [-0.25, -0.2) is 13.1 Å². The van der Waals surface area contributed by atoms with E-state index < -0.39 is 10.0 Å². The van der Waals surface area contributed by atoms with E-state index in [4.69, 9.17) is 4.42 Å². The molecule has 0 unspecified atom stereocenters. The molecule has 5 nitrogen and oxygen atoms in total. The molecule has 0 saturated heterocycles. The molecule has 1 aliphatic rings. The van der Waals surface area contributed by atoms with Crippen LogP contribution in [0.25, 0.3) is 0 Å². The van der Waals surface area contributed by atoms with Crippen molar-refractivity contribution < 1.29 is 12.8 Å². The van der Waals surface area contributed by atoms with Crippen LogP contribution in [0.15, 0.2) is 9.31 Å². The van der Waals surface area contributed by atoms with Crippen LogP contribution in [0.1, 0.15) is 50.2 Å².